The van der Waals surface area contributed by atoms with Crippen molar-refractivity contribution in [2.45, 2.75) is 44.3 Å². The van der Waals surface area contributed by atoms with Gasteiger partial charge in [-0.2, -0.15) is 0 Å². The molecule has 0 bridgehead atoms. The van der Waals surface area contributed by atoms with Crippen LogP contribution in [0.15, 0.2) is 12.1 Å². The summed E-state index contributed by atoms with van der Waals surface area (Å²) in [6.07, 6.45) is 1.55. The minimum absolute atomic E-state index is 0.101. The Bertz CT molecular complexity index is 552. The number of hydrogen-bond donors (Lipinski definition) is 2. The smallest absolute Gasteiger partial charge is 0.224 e. The highest BCUT2D eigenvalue weighted by atomic mass is 19.1. The van der Waals surface area contributed by atoms with E-state index >= 15 is 0 Å². The minimum Gasteiger partial charge on any atom is -0.385 e. The van der Waals surface area contributed by atoms with Crippen LogP contribution in [-0.2, 0) is 16.0 Å². The van der Waals surface area contributed by atoms with E-state index in [1.54, 1.807) is 6.07 Å². The Labute approximate surface area is 116 Å². The molecule has 1 aromatic rings. The molecule has 1 fully saturated rings. The first-order valence-electron chi connectivity index (χ1n) is 6.94. The van der Waals surface area contributed by atoms with Gasteiger partial charge in [-0.15, -0.1) is 0 Å². The van der Waals surface area contributed by atoms with Gasteiger partial charge in [-0.3, -0.25) is 4.79 Å². The van der Waals surface area contributed by atoms with Crippen LogP contribution in [0.4, 0.5) is 10.1 Å². The molecule has 0 spiro atoms. The number of halogens is 1. The van der Waals surface area contributed by atoms with Crippen LogP contribution in [0.3, 0.4) is 0 Å². The van der Waals surface area contributed by atoms with Gasteiger partial charge in [-0.05, 0) is 43.9 Å². The number of ether oxygens (including phenoxy) is 1. The molecule has 2 aliphatic heterocycles. The number of carbonyl (C=O) groups excluding carboxylic acids is 1. The van der Waals surface area contributed by atoms with Crippen molar-refractivity contribution in [3.63, 3.8) is 0 Å². The van der Waals surface area contributed by atoms with E-state index < -0.39 is 17.5 Å². The van der Waals surface area contributed by atoms with E-state index in [9.17, 15) is 14.3 Å². The minimum atomic E-state index is -0.993. The Kier molecular flexibility index (Phi) is 3.26. The van der Waals surface area contributed by atoms with Crippen molar-refractivity contribution in [3.8, 4) is 0 Å². The molecular formula is C15H18FNO3. The Balaban J connectivity index is 1.96. The van der Waals surface area contributed by atoms with Gasteiger partial charge in [0.05, 0.1) is 5.60 Å². The molecule has 0 radical (unpaired) electrons. The maximum atomic E-state index is 14.2. The molecule has 2 unspecified atom stereocenters. The lowest BCUT2D eigenvalue weighted by atomic mass is 9.88. The van der Waals surface area contributed by atoms with Gasteiger partial charge in [0.1, 0.15) is 11.9 Å². The summed E-state index contributed by atoms with van der Waals surface area (Å²) in [7, 11) is 0. The topological polar surface area (TPSA) is 58.6 Å². The second-order valence-corrected chi connectivity index (χ2v) is 5.75. The zero-order valence-corrected chi connectivity index (χ0v) is 11.4. The van der Waals surface area contributed by atoms with Crippen LogP contribution in [0.5, 0.6) is 0 Å². The van der Waals surface area contributed by atoms with E-state index in [0.717, 1.165) is 12.0 Å². The zero-order valence-electron chi connectivity index (χ0n) is 11.4. The number of anilines is 1. The summed E-state index contributed by atoms with van der Waals surface area (Å²) in [5, 5.41) is 13.1. The van der Waals surface area contributed by atoms with Crippen molar-refractivity contribution in [1.82, 2.24) is 0 Å². The molecule has 0 aliphatic carbocycles. The molecular weight excluding hydrogens is 261 g/mol. The number of benzene rings is 1. The number of aryl methyl sites for hydroxylation is 1. The summed E-state index contributed by atoms with van der Waals surface area (Å²) in [4.78, 5) is 11.3. The monoisotopic (exact) mass is 279 g/mol. The van der Waals surface area contributed by atoms with Gasteiger partial charge in [0.25, 0.3) is 0 Å². The maximum absolute atomic E-state index is 14.2. The Hall–Kier alpha value is -1.46. The SMILES string of the molecule is CC1(C(O)c2cc3c(cc2F)NC(=O)CC3)CCCO1. The predicted octanol–water partition coefficient (Wildman–Crippen LogP) is 2.31. The molecule has 3 rings (SSSR count). The summed E-state index contributed by atoms with van der Waals surface area (Å²) in [6.45, 7) is 2.40. The van der Waals surface area contributed by atoms with E-state index in [2.05, 4.69) is 5.32 Å². The second kappa shape index (κ2) is 4.82. The Morgan fingerprint density at radius 1 is 1.45 bits per heavy atom. The van der Waals surface area contributed by atoms with Gasteiger partial charge in [-0.1, -0.05) is 0 Å². The van der Waals surface area contributed by atoms with Crippen LogP contribution in [0.25, 0.3) is 0 Å². The molecule has 108 valence electrons. The molecule has 0 saturated carbocycles. The number of nitrogens with one attached hydrogen (secondary N) is 1. The largest absolute Gasteiger partial charge is 0.385 e. The van der Waals surface area contributed by atoms with E-state index in [-0.39, 0.29) is 11.5 Å². The molecule has 5 heteroatoms. The molecule has 2 N–H and O–H groups in total. The van der Waals surface area contributed by atoms with Crippen LogP contribution in [-0.4, -0.2) is 23.2 Å². The van der Waals surface area contributed by atoms with Crippen LogP contribution in [0, 0.1) is 5.82 Å². The normalized spacial score (nSPS) is 27.1. The highest BCUT2D eigenvalue weighted by Gasteiger charge is 2.39. The quantitative estimate of drug-likeness (QED) is 0.873. The summed E-state index contributed by atoms with van der Waals surface area (Å²) < 4.78 is 19.8. The number of rotatable bonds is 2. The van der Waals surface area contributed by atoms with Crippen molar-refractivity contribution < 1.29 is 19.0 Å². The first kappa shape index (κ1) is 13.5. The van der Waals surface area contributed by atoms with Gasteiger partial charge >= 0.3 is 0 Å². The van der Waals surface area contributed by atoms with Crippen molar-refractivity contribution >= 4 is 11.6 Å². The standard InChI is InChI=1S/C15H18FNO3/c1-15(5-2-6-20-15)14(19)10-7-9-3-4-13(18)17-12(9)8-11(10)16/h7-8,14,19H,2-6H2,1H3,(H,17,18). The number of amides is 1. The van der Waals surface area contributed by atoms with Gasteiger partial charge in [0.15, 0.2) is 0 Å². The summed E-state index contributed by atoms with van der Waals surface area (Å²) in [5.41, 5.74) is 0.894. The fraction of sp³-hybridized carbons (Fsp3) is 0.533. The van der Waals surface area contributed by atoms with Crippen molar-refractivity contribution in [2.24, 2.45) is 0 Å². The maximum Gasteiger partial charge on any atom is 0.224 e. The van der Waals surface area contributed by atoms with E-state index in [1.165, 1.54) is 6.07 Å². The molecule has 2 atom stereocenters. The molecule has 0 aromatic heterocycles. The number of carbonyl (C=O) groups is 1. The van der Waals surface area contributed by atoms with Crippen molar-refractivity contribution in [3.05, 3.63) is 29.1 Å². The van der Waals surface area contributed by atoms with Crippen LogP contribution >= 0.6 is 0 Å². The van der Waals surface area contributed by atoms with Crippen molar-refractivity contribution in [2.75, 3.05) is 11.9 Å². The van der Waals surface area contributed by atoms with Gasteiger partial charge in [0, 0.05) is 24.3 Å². The molecule has 1 aromatic carbocycles. The van der Waals surface area contributed by atoms with Gasteiger partial charge in [0.2, 0.25) is 5.91 Å². The average molecular weight is 279 g/mol. The first-order chi connectivity index (χ1) is 9.49. The lowest BCUT2D eigenvalue weighted by Gasteiger charge is -2.30. The fourth-order valence-corrected chi connectivity index (χ4v) is 2.98. The zero-order chi connectivity index (χ0) is 14.3. The lowest BCUT2D eigenvalue weighted by molar-refractivity contribution is -0.116. The number of aliphatic hydroxyl groups is 1. The molecule has 4 nitrogen and oxygen atoms in total. The molecule has 2 heterocycles. The highest BCUT2D eigenvalue weighted by molar-refractivity contribution is 5.93. The second-order valence-electron chi connectivity index (χ2n) is 5.75. The van der Waals surface area contributed by atoms with Crippen LogP contribution in [0.1, 0.15) is 43.4 Å². The number of aliphatic hydroxyl groups excluding tert-OH is 1. The predicted molar refractivity (Wildman–Crippen MR) is 71.9 cm³/mol. The summed E-state index contributed by atoms with van der Waals surface area (Å²) >= 11 is 0. The summed E-state index contributed by atoms with van der Waals surface area (Å²) in [6, 6.07) is 2.95. The third kappa shape index (κ3) is 2.21. The van der Waals surface area contributed by atoms with Crippen LogP contribution < -0.4 is 5.32 Å². The average Bonchev–Trinajstić information content (AvgIpc) is 2.85. The van der Waals surface area contributed by atoms with E-state index in [1.807, 2.05) is 6.92 Å². The van der Waals surface area contributed by atoms with Gasteiger partial charge < -0.3 is 15.2 Å². The number of hydrogen-bond acceptors (Lipinski definition) is 3. The van der Waals surface area contributed by atoms with E-state index in [0.29, 0.717) is 31.6 Å². The van der Waals surface area contributed by atoms with E-state index in [4.69, 9.17) is 4.74 Å². The molecule has 20 heavy (non-hydrogen) atoms. The summed E-state index contributed by atoms with van der Waals surface area (Å²) in [5.74, 6) is -0.605. The Morgan fingerprint density at radius 3 is 2.95 bits per heavy atom. The van der Waals surface area contributed by atoms with Crippen LogP contribution in [0.2, 0.25) is 0 Å². The molecule has 1 saturated heterocycles. The fourth-order valence-electron chi connectivity index (χ4n) is 2.98. The molecule has 1 amide bonds. The first-order valence-corrected chi connectivity index (χ1v) is 6.94. The number of fused-ring (bicyclic) bond motifs is 1. The highest BCUT2D eigenvalue weighted by Crippen LogP contribution is 2.39. The Morgan fingerprint density at radius 2 is 2.25 bits per heavy atom. The molecule has 2 aliphatic rings. The lowest BCUT2D eigenvalue weighted by Crippen LogP contribution is -2.33. The van der Waals surface area contributed by atoms with Gasteiger partial charge in [-0.25, -0.2) is 4.39 Å². The third-order valence-electron chi connectivity index (χ3n) is 4.24. The third-order valence-corrected chi connectivity index (χ3v) is 4.24. The van der Waals surface area contributed by atoms with Crippen molar-refractivity contribution in [1.29, 1.82) is 0 Å².